The van der Waals surface area contributed by atoms with Gasteiger partial charge < -0.3 is 18.9 Å². The van der Waals surface area contributed by atoms with E-state index >= 15 is 0 Å². The van der Waals surface area contributed by atoms with E-state index in [1.54, 1.807) is 18.9 Å². The second-order valence-corrected chi connectivity index (χ2v) is 8.82. The van der Waals surface area contributed by atoms with Crippen LogP contribution in [0.15, 0.2) is 54.6 Å². The third kappa shape index (κ3) is 4.68. The second-order valence-electron chi connectivity index (χ2n) is 8.39. The first-order valence-corrected chi connectivity index (χ1v) is 11.9. The Balaban J connectivity index is 1.77. The third-order valence-electron chi connectivity index (χ3n) is 6.27. The molecule has 1 atom stereocenters. The minimum atomic E-state index is -0.287. The van der Waals surface area contributed by atoms with Gasteiger partial charge in [-0.3, -0.25) is 9.59 Å². The van der Waals surface area contributed by atoms with Crippen LogP contribution in [0.2, 0.25) is 5.02 Å². The highest BCUT2D eigenvalue weighted by molar-refractivity contribution is 6.30. The molecule has 0 bridgehead atoms. The van der Waals surface area contributed by atoms with Crippen molar-refractivity contribution >= 4 is 23.5 Å². The van der Waals surface area contributed by atoms with Crippen LogP contribution in [0.4, 0.5) is 0 Å². The molecule has 6 nitrogen and oxygen atoms in total. The van der Waals surface area contributed by atoms with Gasteiger partial charge in [0.1, 0.15) is 5.75 Å². The van der Waals surface area contributed by atoms with Gasteiger partial charge in [-0.25, -0.2) is 0 Å². The predicted octanol–water partition coefficient (Wildman–Crippen LogP) is 5.53. The minimum absolute atomic E-state index is 0.0876. The summed E-state index contributed by atoms with van der Waals surface area (Å²) in [4.78, 5) is 27.8. The number of esters is 1. The first-order valence-electron chi connectivity index (χ1n) is 11.5. The highest BCUT2D eigenvalue weighted by atomic mass is 35.5. The van der Waals surface area contributed by atoms with Crippen LogP contribution in [0.5, 0.6) is 5.75 Å². The molecule has 1 fully saturated rings. The molecule has 3 aromatic rings. The molecule has 2 heterocycles. The number of aromatic nitrogens is 1. The van der Waals surface area contributed by atoms with Gasteiger partial charge in [0.15, 0.2) is 0 Å². The van der Waals surface area contributed by atoms with E-state index in [0.717, 1.165) is 35.5 Å². The average molecular weight is 481 g/mol. The van der Waals surface area contributed by atoms with Gasteiger partial charge >= 0.3 is 5.97 Å². The van der Waals surface area contributed by atoms with Gasteiger partial charge in [0.05, 0.1) is 36.6 Å². The molecule has 4 rings (SSSR count). The monoisotopic (exact) mass is 480 g/mol. The van der Waals surface area contributed by atoms with E-state index in [4.69, 9.17) is 21.1 Å². The molecule has 0 spiro atoms. The number of halogens is 1. The van der Waals surface area contributed by atoms with Crippen LogP contribution in [-0.4, -0.2) is 48.1 Å². The molecular formula is C27H29ClN2O4. The summed E-state index contributed by atoms with van der Waals surface area (Å²) >= 11 is 6.13. The second kappa shape index (κ2) is 10.3. The standard InChI is InChI=1S/C27H29ClN2O4/c1-4-34-27(32)20-8-7-15-29(17-20)26(31)22-16-24(19-11-13-21(28)14-12-19)30(18(22)2)23-9-5-6-10-25(23)33-3/h5-6,9-14,16,20H,4,7-8,15,17H2,1-3H3. The lowest BCUT2D eigenvalue weighted by Crippen LogP contribution is -2.43. The van der Waals surface area contributed by atoms with E-state index < -0.39 is 0 Å². The Kier molecular flexibility index (Phi) is 7.27. The number of benzene rings is 2. The van der Waals surface area contributed by atoms with Gasteiger partial charge in [0.25, 0.3) is 5.91 Å². The largest absolute Gasteiger partial charge is 0.495 e. The van der Waals surface area contributed by atoms with Crippen LogP contribution in [0.3, 0.4) is 0 Å². The smallest absolute Gasteiger partial charge is 0.310 e. The number of hydrogen-bond acceptors (Lipinski definition) is 4. The first-order chi connectivity index (χ1) is 16.4. The fourth-order valence-electron chi connectivity index (χ4n) is 4.57. The molecule has 1 amide bonds. The van der Waals surface area contributed by atoms with Crippen molar-refractivity contribution < 1.29 is 19.1 Å². The number of amides is 1. The Morgan fingerprint density at radius 2 is 1.85 bits per heavy atom. The minimum Gasteiger partial charge on any atom is -0.495 e. The van der Waals surface area contributed by atoms with Crippen LogP contribution in [0.25, 0.3) is 16.9 Å². The number of carbonyl (C=O) groups is 2. The molecule has 1 aliphatic heterocycles. The summed E-state index contributed by atoms with van der Waals surface area (Å²) in [6.45, 7) is 5.06. The Morgan fingerprint density at radius 3 is 2.56 bits per heavy atom. The summed E-state index contributed by atoms with van der Waals surface area (Å²) in [5, 5.41) is 0.644. The number of rotatable bonds is 6. The SMILES string of the molecule is CCOC(=O)C1CCCN(C(=O)c2cc(-c3ccc(Cl)cc3)n(-c3ccccc3OC)c2C)C1. The van der Waals surface area contributed by atoms with Crippen LogP contribution >= 0.6 is 11.6 Å². The summed E-state index contributed by atoms with van der Waals surface area (Å²) in [5.41, 5.74) is 4.04. The number of nitrogens with zero attached hydrogens (tertiary/aromatic N) is 2. The number of ether oxygens (including phenoxy) is 2. The Hall–Kier alpha value is -3.25. The van der Waals surface area contributed by atoms with Crippen LogP contribution < -0.4 is 4.74 Å². The molecular weight excluding hydrogens is 452 g/mol. The molecule has 178 valence electrons. The highest BCUT2D eigenvalue weighted by Gasteiger charge is 2.32. The summed E-state index contributed by atoms with van der Waals surface area (Å²) < 4.78 is 12.9. The quantitative estimate of drug-likeness (QED) is 0.435. The molecule has 0 N–H and O–H groups in total. The molecule has 1 aromatic heterocycles. The van der Waals surface area contributed by atoms with E-state index in [-0.39, 0.29) is 17.8 Å². The zero-order valence-corrected chi connectivity index (χ0v) is 20.5. The van der Waals surface area contributed by atoms with Crippen molar-refractivity contribution in [1.82, 2.24) is 9.47 Å². The van der Waals surface area contributed by atoms with Gasteiger partial charge in [0, 0.05) is 23.8 Å². The highest BCUT2D eigenvalue weighted by Crippen LogP contribution is 2.35. The van der Waals surface area contributed by atoms with E-state index in [2.05, 4.69) is 0 Å². The van der Waals surface area contributed by atoms with Crippen LogP contribution in [0, 0.1) is 12.8 Å². The topological polar surface area (TPSA) is 60.8 Å². The summed E-state index contributed by atoms with van der Waals surface area (Å²) in [6, 6.07) is 17.2. The van der Waals surface area contributed by atoms with Crippen molar-refractivity contribution in [2.75, 3.05) is 26.8 Å². The number of methoxy groups -OCH3 is 1. The molecule has 0 saturated carbocycles. The maximum absolute atomic E-state index is 13.7. The number of para-hydroxylation sites is 2. The first kappa shape index (κ1) is 23.9. The van der Waals surface area contributed by atoms with Crippen molar-refractivity contribution in [3.8, 4) is 22.7 Å². The molecule has 1 saturated heterocycles. The number of hydrogen-bond donors (Lipinski definition) is 0. The molecule has 0 radical (unpaired) electrons. The zero-order valence-electron chi connectivity index (χ0n) is 19.7. The summed E-state index contributed by atoms with van der Waals surface area (Å²) in [7, 11) is 1.63. The number of piperidine rings is 1. The van der Waals surface area contributed by atoms with Crippen LogP contribution in [-0.2, 0) is 9.53 Å². The van der Waals surface area contributed by atoms with E-state index in [1.807, 2.05) is 66.1 Å². The molecule has 1 unspecified atom stereocenters. The molecule has 0 aliphatic carbocycles. The molecule has 2 aromatic carbocycles. The van der Waals surface area contributed by atoms with E-state index in [9.17, 15) is 9.59 Å². The Bertz CT molecular complexity index is 1190. The average Bonchev–Trinajstić information content (AvgIpc) is 3.20. The maximum Gasteiger partial charge on any atom is 0.310 e. The van der Waals surface area contributed by atoms with Crippen molar-refractivity contribution in [2.24, 2.45) is 5.92 Å². The predicted molar refractivity (Wildman–Crippen MR) is 133 cm³/mol. The molecule has 34 heavy (non-hydrogen) atoms. The van der Waals surface area contributed by atoms with Gasteiger partial charge in [-0.1, -0.05) is 35.9 Å². The molecule has 7 heteroatoms. The van der Waals surface area contributed by atoms with E-state index in [1.165, 1.54) is 0 Å². The normalized spacial score (nSPS) is 15.8. The fourth-order valence-corrected chi connectivity index (χ4v) is 4.69. The van der Waals surface area contributed by atoms with Crippen LogP contribution in [0.1, 0.15) is 35.8 Å². The zero-order chi connectivity index (χ0) is 24.2. The third-order valence-corrected chi connectivity index (χ3v) is 6.52. The lowest BCUT2D eigenvalue weighted by Gasteiger charge is -2.31. The van der Waals surface area contributed by atoms with Gasteiger partial charge in [-0.2, -0.15) is 0 Å². The maximum atomic E-state index is 13.7. The summed E-state index contributed by atoms with van der Waals surface area (Å²) in [6.07, 6.45) is 1.51. The Labute approximate surface area is 205 Å². The van der Waals surface area contributed by atoms with Crippen molar-refractivity contribution in [2.45, 2.75) is 26.7 Å². The molecule has 1 aliphatic rings. The van der Waals surface area contributed by atoms with E-state index in [0.29, 0.717) is 36.0 Å². The number of likely N-dealkylation sites (tertiary alicyclic amines) is 1. The number of carbonyl (C=O) groups excluding carboxylic acids is 2. The fraction of sp³-hybridized carbons (Fsp3) is 0.333. The van der Waals surface area contributed by atoms with Crippen molar-refractivity contribution in [3.05, 3.63) is 70.9 Å². The summed E-state index contributed by atoms with van der Waals surface area (Å²) in [5.74, 6) is 0.0984. The van der Waals surface area contributed by atoms with Gasteiger partial charge in [0.2, 0.25) is 0 Å². The van der Waals surface area contributed by atoms with Gasteiger partial charge in [-0.05, 0) is 62.6 Å². The lowest BCUT2D eigenvalue weighted by molar-refractivity contribution is -0.149. The van der Waals surface area contributed by atoms with Gasteiger partial charge in [-0.15, -0.1) is 0 Å². The lowest BCUT2D eigenvalue weighted by atomic mass is 9.97. The van der Waals surface area contributed by atoms with Crippen molar-refractivity contribution in [1.29, 1.82) is 0 Å². The van der Waals surface area contributed by atoms with Crippen molar-refractivity contribution in [3.63, 3.8) is 0 Å². The Morgan fingerprint density at radius 1 is 1.12 bits per heavy atom.